The molecule has 0 aromatic heterocycles. The van der Waals surface area contributed by atoms with Gasteiger partial charge in [0, 0.05) is 18.7 Å². The lowest BCUT2D eigenvalue weighted by Crippen LogP contribution is -2.28. The topological polar surface area (TPSA) is 58.2 Å². The average Bonchev–Trinajstić information content (AvgIpc) is 2.40. The molecular weight excluding hydrogens is 291 g/mol. The van der Waals surface area contributed by atoms with Gasteiger partial charge in [-0.2, -0.15) is 0 Å². The van der Waals surface area contributed by atoms with Crippen LogP contribution in [-0.2, 0) is 16.6 Å². The molecule has 21 heavy (non-hydrogen) atoms. The van der Waals surface area contributed by atoms with Gasteiger partial charge in [-0.1, -0.05) is 20.8 Å². The van der Waals surface area contributed by atoms with E-state index in [2.05, 4.69) is 10.0 Å². The number of hydrogen-bond acceptors (Lipinski definition) is 3. The van der Waals surface area contributed by atoms with Crippen LogP contribution >= 0.6 is 0 Å². The molecule has 0 saturated carbocycles. The summed E-state index contributed by atoms with van der Waals surface area (Å²) in [5.74, 6) is -0.296. The predicted molar refractivity (Wildman–Crippen MR) is 83.2 cm³/mol. The fourth-order valence-electron chi connectivity index (χ4n) is 1.85. The van der Waals surface area contributed by atoms with Crippen LogP contribution in [0.4, 0.5) is 4.39 Å². The first-order valence-corrected chi connectivity index (χ1v) is 8.75. The van der Waals surface area contributed by atoms with E-state index >= 15 is 0 Å². The molecule has 0 spiro atoms. The molecule has 2 N–H and O–H groups in total. The first-order chi connectivity index (χ1) is 9.77. The Labute approximate surface area is 127 Å². The molecule has 0 heterocycles. The van der Waals surface area contributed by atoms with Gasteiger partial charge in [0.25, 0.3) is 0 Å². The fourth-order valence-corrected chi connectivity index (χ4v) is 3.37. The molecular formula is C15H25FN2O2S. The summed E-state index contributed by atoms with van der Waals surface area (Å²) in [7, 11) is -3.68. The SMILES string of the molecule is CCCNCc1cc(F)c(C)c(S(=O)(=O)NCC(C)C)c1. The van der Waals surface area contributed by atoms with E-state index in [1.54, 1.807) is 6.07 Å². The summed E-state index contributed by atoms with van der Waals surface area (Å²) in [5, 5.41) is 3.15. The van der Waals surface area contributed by atoms with Crippen LogP contribution in [0.2, 0.25) is 0 Å². The first kappa shape index (κ1) is 18.1. The van der Waals surface area contributed by atoms with Crippen molar-refractivity contribution in [3.8, 4) is 0 Å². The zero-order valence-corrected chi connectivity index (χ0v) is 14.0. The molecule has 1 rings (SSSR count). The Morgan fingerprint density at radius 1 is 1.29 bits per heavy atom. The normalized spacial score (nSPS) is 12.1. The smallest absolute Gasteiger partial charge is 0.240 e. The second-order valence-corrected chi connectivity index (χ2v) is 7.36. The minimum Gasteiger partial charge on any atom is -0.313 e. The van der Waals surface area contributed by atoms with Gasteiger partial charge in [0.05, 0.1) is 4.90 Å². The van der Waals surface area contributed by atoms with Crippen LogP contribution in [0.25, 0.3) is 0 Å². The van der Waals surface area contributed by atoms with Crippen LogP contribution in [-0.4, -0.2) is 21.5 Å². The number of nitrogens with one attached hydrogen (secondary N) is 2. The van der Waals surface area contributed by atoms with Crippen molar-refractivity contribution in [3.63, 3.8) is 0 Å². The summed E-state index contributed by atoms with van der Waals surface area (Å²) in [6.45, 7) is 8.96. The average molecular weight is 316 g/mol. The molecule has 0 fully saturated rings. The van der Waals surface area contributed by atoms with E-state index in [-0.39, 0.29) is 16.4 Å². The van der Waals surface area contributed by atoms with Crippen molar-refractivity contribution in [1.29, 1.82) is 0 Å². The van der Waals surface area contributed by atoms with E-state index in [1.165, 1.54) is 13.0 Å². The van der Waals surface area contributed by atoms with Gasteiger partial charge in [-0.15, -0.1) is 0 Å². The largest absolute Gasteiger partial charge is 0.313 e. The van der Waals surface area contributed by atoms with Crippen molar-refractivity contribution in [2.24, 2.45) is 5.92 Å². The summed E-state index contributed by atoms with van der Waals surface area (Å²) >= 11 is 0. The number of benzene rings is 1. The Hall–Kier alpha value is -0.980. The number of sulfonamides is 1. The lowest BCUT2D eigenvalue weighted by Gasteiger charge is -2.13. The van der Waals surface area contributed by atoms with Crippen LogP contribution < -0.4 is 10.0 Å². The molecule has 4 nitrogen and oxygen atoms in total. The van der Waals surface area contributed by atoms with Gasteiger partial charge < -0.3 is 5.32 Å². The second kappa shape index (κ2) is 7.87. The van der Waals surface area contributed by atoms with Gasteiger partial charge in [-0.25, -0.2) is 17.5 Å². The Balaban J connectivity index is 3.04. The molecule has 120 valence electrons. The number of hydrogen-bond donors (Lipinski definition) is 2. The van der Waals surface area contributed by atoms with Crippen LogP contribution in [0, 0.1) is 18.7 Å². The third-order valence-electron chi connectivity index (χ3n) is 3.08. The lowest BCUT2D eigenvalue weighted by atomic mass is 10.1. The summed E-state index contributed by atoms with van der Waals surface area (Å²) < 4.78 is 41.1. The summed E-state index contributed by atoms with van der Waals surface area (Å²) in [6.07, 6.45) is 0.968. The van der Waals surface area contributed by atoms with Crippen LogP contribution in [0.1, 0.15) is 38.3 Å². The van der Waals surface area contributed by atoms with E-state index < -0.39 is 15.8 Å². The van der Waals surface area contributed by atoms with Crippen molar-refractivity contribution in [2.75, 3.05) is 13.1 Å². The number of halogens is 1. The molecule has 1 aromatic rings. The molecule has 0 aliphatic rings. The Morgan fingerprint density at radius 3 is 2.52 bits per heavy atom. The minimum absolute atomic E-state index is 0.0245. The van der Waals surface area contributed by atoms with Gasteiger partial charge >= 0.3 is 0 Å². The predicted octanol–water partition coefficient (Wildman–Crippen LogP) is 2.57. The highest BCUT2D eigenvalue weighted by Gasteiger charge is 2.20. The van der Waals surface area contributed by atoms with E-state index in [9.17, 15) is 12.8 Å². The highest BCUT2D eigenvalue weighted by Crippen LogP contribution is 2.20. The van der Waals surface area contributed by atoms with Gasteiger partial charge in [-0.05, 0) is 43.5 Å². The molecule has 0 radical (unpaired) electrons. The van der Waals surface area contributed by atoms with Crippen molar-refractivity contribution in [2.45, 2.75) is 45.6 Å². The monoisotopic (exact) mass is 316 g/mol. The molecule has 0 saturated heterocycles. The lowest BCUT2D eigenvalue weighted by molar-refractivity contribution is 0.555. The highest BCUT2D eigenvalue weighted by molar-refractivity contribution is 7.89. The maximum absolute atomic E-state index is 14.0. The molecule has 0 amide bonds. The van der Waals surface area contributed by atoms with Crippen molar-refractivity contribution < 1.29 is 12.8 Å². The highest BCUT2D eigenvalue weighted by atomic mass is 32.2. The summed E-state index contributed by atoms with van der Waals surface area (Å²) in [4.78, 5) is 0.0245. The molecule has 1 aromatic carbocycles. The second-order valence-electron chi connectivity index (χ2n) is 5.62. The first-order valence-electron chi connectivity index (χ1n) is 7.27. The molecule has 6 heteroatoms. The molecule has 0 aliphatic heterocycles. The fraction of sp³-hybridized carbons (Fsp3) is 0.600. The van der Waals surface area contributed by atoms with Crippen LogP contribution in [0.15, 0.2) is 17.0 Å². The van der Waals surface area contributed by atoms with Crippen LogP contribution in [0.5, 0.6) is 0 Å². The zero-order valence-electron chi connectivity index (χ0n) is 13.2. The minimum atomic E-state index is -3.68. The third kappa shape index (κ3) is 5.37. The molecule has 0 unspecified atom stereocenters. The Bertz CT molecular complexity index is 571. The Kier molecular flexibility index (Phi) is 6.77. The van der Waals surface area contributed by atoms with Crippen molar-refractivity contribution >= 4 is 10.0 Å². The van der Waals surface area contributed by atoms with E-state index in [0.29, 0.717) is 18.7 Å². The maximum atomic E-state index is 14.0. The van der Waals surface area contributed by atoms with Gasteiger partial charge in [0.1, 0.15) is 5.82 Å². The molecule has 0 aliphatic carbocycles. The third-order valence-corrected chi connectivity index (χ3v) is 4.63. The summed E-state index contributed by atoms with van der Waals surface area (Å²) in [5.41, 5.74) is 0.793. The van der Waals surface area contributed by atoms with Crippen molar-refractivity contribution in [3.05, 3.63) is 29.1 Å². The van der Waals surface area contributed by atoms with Crippen LogP contribution in [0.3, 0.4) is 0 Å². The summed E-state index contributed by atoms with van der Waals surface area (Å²) in [6, 6.07) is 2.93. The van der Waals surface area contributed by atoms with Gasteiger partial charge in [0.2, 0.25) is 10.0 Å². The van der Waals surface area contributed by atoms with E-state index in [4.69, 9.17) is 0 Å². The van der Waals surface area contributed by atoms with Gasteiger partial charge in [-0.3, -0.25) is 0 Å². The molecule has 0 atom stereocenters. The quantitative estimate of drug-likeness (QED) is 0.725. The van der Waals surface area contributed by atoms with Crippen molar-refractivity contribution in [1.82, 2.24) is 10.0 Å². The van der Waals surface area contributed by atoms with Gasteiger partial charge in [0.15, 0.2) is 0 Å². The maximum Gasteiger partial charge on any atom is 0.240 e. The van der Waals surface area contributed by atoms with E-state index in [0.717, 1.165) is 13.0 Å². The van der Waals surface area contributed by atoms with E-state index in [1.807, 2.05) is 20.8 Å². The Morgan fingerprint density at radius 2 is 1.95 bits per heavy atom. The number of rotatable bonds is 8. The zero-order chi connectivity index (χ0) is 16.0. The standard InChI is InChI=1S/C15H25FN2O2S/c1-5-6-17-10-13-7-14(16)12(4)15(8-13)21(19,20)18-9-11(2)3/h7-8,11,17-18H,5-6,9-10H2,1-4H3. The molecule has 0 bridgehead atoms.